The van der Waals surface area contributed by atoms with Gasteiger partial charge in [-0.1, -0.05) is 41.4 Å². The minimum atomic E-state index is -0.601. The molecule has 0 saturated heterocycles. The van der Waals surface area contributed by atoms with Crippen LogP contribution in [-0.4, -0.2) is 16.2 Å². The van der Waals surface area contributed by atoms with E-state index in [0.29, 0.717) is 21.6 Å². The first-order chi connectivity index (χ1) is 13.0. The first-order valence-electron chi connectivity index (χ1n) is 8.28. The molecule has 138 valence electrons. The lowest BCUT2D eigenvalue weighted by Crippen LogP contribution is -2.09. The molecule has 1 saturated carbocycles. The molecule has 0 unspecified atom stereocenters. The van der Waals surface area contributed by atoms with Crippen LogP contribution in [-0.2, 0) is 0 Å². The SMILES string of the molecule is Cc1cccc(C2CC2)c1Oc1nnc(Cl)cc1OC(=O)c1sccc1Cl. The fourth-order valence-corrected chi connectivity index (χ4v) is 3.84. The predicted molar refractivity (Wildman–Crippen MR) is 105 cm³/mol. The number of halogens is 2. The van der Waals surface area contributed by atoms with E-state index < -0.39 is 5.97 Å². The monoisotopic (exact) mass is 420 g/mol. The number of ether oxygens (including phenoxy) is 2. The molecule has 3 aromatic rings. The van der Waals surface area contributed by atoms with Crippen LogP contribution in [0.1, 0.15) is 39.6 Å². The second-order valence-electron chi connectivity index (χ2n) is 6.19. The molecule has 27 heavy (non-hydrogen) atoms. The fraction of sp³-hybridized carbons (Fsp3) is 0.211. The van der Waals surface area contributed by atoms with E-state index in [4.69, 9.17) is 32.7 Å². The van der Waals surface area contributed by atoms with Crippen molar-refractivity contribution in [3.63, 3.8) is 0 Å². The van der Waals surface area contributed by atoms with Gasteiger partial charge in [0.15, 0.2) is 10.9 Å². The Hall–Kier alpha value is -2.15. The number of aryl methyl sites for hydroxylation is 1. The largest absolute Gasteiger partial charge is 0.434 e. The number of benzene rings is 1. The van der Waals surface area contributed by atoms with Crippen LogP contribution < -0.4 is 9.47 Å². The van der Waals surface area contributed by atoms with Gasteiger partial charge in [0, 0.05) is 6.07 Å². The first-order valence-corrected chi connectivity index (χ1v) is 9.92. The summed E-state index contributed by atoms with van der Waals surface area (Å²) in [4.78, 5) is 12.7. The first kappa shape index (κ1) is 18.2. The number of para-hydroxylation sites is 1. The molecule has 0 spiro atoms. The molecule has 0 radical (unpaired) electrons. The standard InChI is InChI=1S/C19H14Cl2N2O3S/c1-10-3-2-4-12(11-5-6-11)16(10)26-18-14(9-15(21)22-23-18)25-19(24)17-13(20)7-8-27-17/h2-4,7-9,11H,5-6H2,1H3. The molecule has 2 heterocycles. The minimum absolute atomic E-state index is 0.0802. The molecule has 0 aliphatic heterocycles. The number of carbonyl (C=O) groups excluding carboxylic acids is 1. The van der Waals surface area contributed by atoms with Crippen molar-refractivity contribution in [2.75, 3.05) is 0 Å². The molecule has 1 aliphatic rings. The van der Waals surface area contributed by atoms with Crippen LogP contribution in [0.2, 0.25) is 10.2 Å². The van der Waals surface area contributed by atoms with Gasteiger partial charge in [-0.3, -0.25) is 0 Å². The lowest BCUT2D eigenvalue weighted by Gasteiger charge is -2.14. The summed E-state index contributed by atoms with van der Waals surface area (Å²) in [7, 11) is 0. The Morgan fingerprint density at radius 2 is 2.04 bits per heavy atom. The zero-order valence-electron chi connectivity index (χ0n) is 14.2. The Balaban J connectivity index is 1.67. The number of thiophene rings is 1. The predicted octanol–water partition coefficient (Wildman–Crippen LogP) is 6.04. The number of hydrogen-bond donors (Lipinski definition) is 0. The highest BCUT2D eigenvalue weighted by atomic mass is 35.5. The van der Waals surface area contributed by atoms with E-state index >= 15 is 0 Å². The average Bonchev–Trinajstić information content (AvgIpc) is 3.39. The van der Waals surface area contributed by atoms with E-state index in [2.05, 4.69) is 10.2 Å². The van der Waals surface area contributed by atoms with Gasteiger partial charge < -0.3 is 9.47 Å². The molecule has 1 aliphatic carbocycles. The molecular formula is C19H14Cl2N2O3S. The number of rotatable bonds is 5. The van der Waals surface area contributed by atoms with Crippen LogP contribution in [0.4, 0.5) is 0 Å². The van der Waals surface area contributed by atoms with Gasteiger partial charge in [-0.25, -0.2) is 4.79 Å². The third-order valence-corrected chi connectivity index (χ3v) is 5.67. The normalized spacial score (nSPS) is 13.4. The topological polar surface area (TPSA) is 61.3 Å². The van der Waals surface area contributed by atoms with Crippen LogP contribution >= 0.6 is 34.5 Å². The van der Waals surface area contributed by atoms with Crippen LogP contribution in [0.3, 0.4) is 0 Å². The second-order valence-corrected chi connectivity index (χ2v) is 7.90. The third kappa shape index (κ3) is 3.93. The van der Waals surface area contributed by atoms with Crippen LogP contribution in [0.25, 0.3) is 0 Å². The summed E-state index contributed by atoms with van der Waals surface area (Å²) in [5, 5.41) is 9.93. The highest BCUT2D eigenvalue weighted by Crippen LogP contribution is 2.47. The zero-order valence-corrected chi connectivity index (χ0v) is 16.6. The smallest absolute Gasteiger partial charge is 0.355 e. The lowest BCUT2D eigenvalue weighted by atomic mass is 10.1. The molecule has 0 bridgehead atoms. The molecule has 1 aromatic carbocycles. The van der Waals surface area contributed by atoms with Gasteiger partial charge in [-0.2, -0.15) is 0 Å². The van der Waals surface area contributed by atoms with Gasteiger partial charge in [0.1, 0.15) is 10.6 Å². The van der Waals surface area contributed by atoms with Crippen molar-refractivity contribution in [3.8, 4) is 17.4 Å². The van der Waals surface area contributed by atoms with E-state index in [1.54, 1.807) is 11.4 Å². The Kier molecular flexibility index (Phi) is 5.04. The molecule has 8 heteroatoms. The van der Waals surface area contributed by atoms with Crippen molar-refractivity contribution < 1.29 is 14.3 Å². The zero-order chi connectivity index (χ0) is 19.0. The van der Waals surface area contributed by atoms with Crippen molar-refractivity contribution in [2.45, 2.75) is 25.7 Å². The summed E-state index contributed by atoms with van der Waals surface area (Å²) in [6, 6.07) is 9.04. The summed E-state index contributed by atoms with van der Waals surface area (Å²) in [5.41, 5.74) is 2.08. The van der Waals surface area contributed by atoms with Crippen LogP contribution in [0.5, 0.6) is 17.4 Å². The number of nitrogens with zero attached hydrogens (tertiary/aromatic N) is 2. The summed E-state index contributed by atoms with van der Waals surface area (Å²) in [6.45, 7) is 1.96. The van der Waals surface area contributed by atoms with E-state index in [1.807, 2.05) is 25.1 Å². The number of carbonyl (C=O) groups is 1. The van der Waals surface area contributed by atoms with Gasteiger partial charge in [0.05, 0.1) is 5.02 Å². The van der Waals surface area contributed by atoms with Crippen molar-refractivity contribution in [1.82, 2.24) is 10.2 Å². The van der Waals surface area contributed by atoms with Crippen LogP contribution in [0, 0.1) is 6.92 Å². The van der Waals surface area contributed by atoms with Crippen molar-refractivity contribution in [2.24, 2.45) is 0 Å². The minimum Gasteiger partial charge on any atom is -0.434 e. The van der Waals surface area contributed by atoms with E-state index in [9.17, 15) is 4.79 Å². The maximum Gasteiger partial charge on any atom is 0.355 e. The quantitative estimate of drug-likeness (QED) is 0.470. The third-order valence-electron chi connectivity index (χ3n) is 4.16. The van der Waals surface area contributed by atoms with Gasteiger partial charge in [-0.15, -0.1) is 21.5 Å². The van der Waals surface area contributed by atoms with E-state index in [-0.39, 0.29) is 16.8 Å². The Bertz CT molecular complexity index is 1020. The van der Waals surface area contributed by atoms with E-state index in [1.165, 1.54) is 17.4 Å². The maximum absolute atomic E-state index is 12.4. The molecule has 2 aromatic heterocycles. The van der Waals surface area contributed by atoms with Gasteiger partial charge in [-0.05, 0) is 48.3 Å². The molecule has 0 atom stereocenters. The molecule has 0 N–H and O–H groups in total. The number of esters is 1. The molecule has 1 fully saturated rings. The number of aromatic nitrogens is 2. The fourth-order valence-electron chi connectivity index (χ4n) is 2.70. The summed E-state index contributed by atoms with van der Waals surface area (Å²) in [6.07, 6.45) is 2.26. The summed E-state index contributed by atoms with van der Waals surface area (Å²) in [5.74, 6) is 0.765. The number of hydrogen-bond acceptors (Lipinski definition) is 6. The molecule has 4 rings (SSSR count). The summed E-state index contributed by atoms with van der Waals surface area (Å²) < 4.78 is 11.5. The Morgan fingerprint density at radius 1 is 1.22 bits per heavy atom. The van der Waals surface area contributed by atoms with Crippen LogP contribution in [0.15, 0.2) is 35.7 Å². The van der Waals surface area contributed by atoms with Crippen molar-refractivity contribution in [1.29, 1.82) is 0 Å². The van der Waals surface area contributed by atoms with E-state index in [0.717, 1.165) is 24.0 Å². The van der Waals surface area contributed by atoms with Gasteiger partial charge >= 0.3 is 5.97 Å². The lowest BCUT2D eigenvalue weighted by molar-refractivity contribution is 0.0734. The molecule has 0 amide bonds. The second kappa shape index (κ2) is 7.46. The molecule has 5 nitrogen and oxygen atoms in total. The highest BCUT2D eigenvalue weighted by Gasteiger charge is 2.28. The van der Waals surface area contributed by atoms with Crippen molar-refractivity contribution in [3.05, 3.63) is 61.9 Å². The Morgan fingerprint density at radius 3 is 2.74 bits per heavy atom. The van der Waals surface area contributed by atoms with Gasteiger partial charge in [0.25, 0.3) is 5.88 Å². The van der Waals surface area contributed by atoms with Gasteiger partial charge in [0.2, 0.25) is 0 Å². The van der Waals surface area contributed by atoms with Crippen molar-refractivity contribution >= 4 is 40.5 Å². The molecular weight excluding hydrogens is 407 g/mol. The average molecular weight is 421 g/mol. The summed E-state index contributed by atoms with van der Waals surface area (Å²) >= 11 is 13.1. The maximum atomic E-state index is 12.4. The highest BCUT2D eigenvalue weighted by molar-refractivity contribution is 7.12. The Labute approximate surface area is 169 Å².